The molecule has 2 aliphatic heterocycles. The maximum atomic E-state index is 13.1. The standard InChI is InChI=1S/C22H26N2O5S/c1-2-19(17-6-4-3-5-7-17)22(25)23-10-12-24(13-11-23)30(26,27)18-8-9-20-21(16-18)29-15-14-28-20/h3-9,16,19H,2,10-15H2,1H3. The van der Waals surface area contributed by atoms with Crippen LogP contribution in [0.4, 0.5) is 0 Å². The van der Waals surface area contributed by atoms with Crippen LogP contribution in [0, 0.1) is 0 Å². The van der Waals surface area contributed by atoms with E-state index in [1.165, 1.54) is 10.4 Å². The zero-order chi connectivity index (χ0) is 21.1. The minimum Gasteiger partial charge on any atom is -0.486 e. The second-order valence-electron chi connectivity index (χ2n) is 7.41. The molecule has 2 heterocycles. The molecular weight excluding hydrogens is 404 g/mol. The fourth-order valence-electron chi connectivity index (χ4n) is 3.94. The number of rotatable bonds is 5. The average molecular weight is 431 g/mol. The fraction of sp³-hybridized carbons (Fsp3) is 0.409. The molecule has 4 rings (SSSR count). The summed E-state index contributed by atoms with van der Waals surface area (Å²) in [7, 11) is -3.66. The van der Waals surface area contributed by atoms with Crippen molar-refractivity contribution in [3.05, 3.63) is 54.1 Å². The number of carbonyl (C=O) groups is 1. The summed E-state index contributed by atoms with van der Waals surface area (Å²) in [5.74, 6) is 0.860. The maximum absolute atomic E-state index is 13.1. The Kier molecular flexibility index (Phi) is 5.97. The Hall–Kier alpha value is -2.58. The summed E-state index contributed by atoms with van der Waals surface area (Å²) in [6.07, 6.45) is 0.707. The zero-order valence-electron chi connectivity index (χ0n) is 17.0. The largest absolute Gasteiger partial charge is 0.486 e. The summed E-state index contributed by atoms with van der Waals surface area (Å²) in [6, 6.07) is 14.4. The highest BCUT2D eigenvalue weighted by atomic mass is 32.2. The van der Waals surface area contributed by atoms with Gasteiger partial charge in [-0.15, -0.1) is 0 Å². The van der Waals surface area contributed by atoms with Crippen LogP contribution in [0.3, 0.4) is 0 Å². The molecule has 0 aliphatic carbocycles. The van der Waals surface area contributed by atoms with Gasteiger partial charge in [0.05, 0.1) is 10.8 Å². The van der Waals surface area contributed by atoms with E-state index in [-0.39, 0.29) is 29.8 Å². The number of ether oxygens (including phenoxy) is 2. The van der Waals surface area contributed by atoms with E-state index in [9.17, 15) is 13.2 Å². The van der Waals surface area contributed by atoms with Crippen LogP contribution in [0.15, 0.2) is 53.4 Å². The lowest BCUT2D eigenvalue weighted by Gasteiger charge is -2.36. The van der Waals surface area contributed by atoms with Crippen LogP contribution in [0.25, 0.3) is 0 Å². The second-order valence-corrected chi connectivity index (χ2v) is 9.34. The van der Waals surface area contributed by atoms with E-state index in [0.29, 0.717) is 44.2 Å². The molecule has 1 fully saturated rings. The Labute approximate surface area is 177 Å². The lowest BCUT2D eigenvalue weighted by Crippen LogP contribution is -2.51. The van der Waals surface area contributed by atoms with Crippen LogP contribution in [-0.4, -0.2) is 62.9 Å². The summed E-state index contributed by atoms with van der Waals surface area (Å²) < 4.78 is 38.6. The van der Waals surface area contributed by atoms with E-state index in [2.05, 4.69) is 0 Å². The summed E-state index contributed by atoms with van der Waals surface area (Å²) in [4.78, 5) is 15.0. The highest BCUT2D eigenvalue weighted by molar-refractivity contribution is 7.89. The highest BCUT2D eigenvalue weighted by Crippen LogP contribution is 2.33. The molecule has 0 saturated carbocycles. The summed E-state index contributed by atoms with van der Waals surface area (Å²) in [6.45, 7) is 4.16. The van der Waals surface area contributed by atoms with E-state index in [1.807, 2.05) is 37.3 Å². The number of hydrogen-bond acceptors (Lipinski definition) is 5. The van der Waals surface area contributed by atoms with Crippen LogP contribution in [0.1, 0.15) is 24.8 Å². The van der Waals surface area contributed by atoms with E-state index >= 15 is 0 Å². The van der Waals surface area contributed by atoms with Gasteiger partial charge < -0.3 is 14.4 Å². The van der Waals surface area contributed by atoms with Crippen LogP contribution in [0.5, 0.6) is 11.5 Å². The first-order valence-corrected chi connectivity index (χ1v) is 11.7. The van der Waals surface area contributed by atoms with Crippen molar-refractivity contribution in [3.8, 4) is 11.5 Å². The molecule has 8 heteroatoms. The van der Waals surface area contributed by atoms with Gasteiger partial charge in [-0.05, 0) is 24.1 Å². The van der Waals surface area contributed by atoms with Crippen molar-refractivity contribution in [2.75, 3.05) is 39.4 Å². The first-order chi connectivity index (χ1) is 14.5. The van der Waals surface area contributed by atoms with Crippen molar-refractivity contribution < 1.29 is 22.7 Å². The molecule has 0 bridgehead atoms. The third-order valence-electron chi connectivity index (χ3n) is 5.61. The van der Waals surface area contributed by atoms with E-state index < -0.39 is 10.0 Å². The monoisotopic (exact) mass is 430 g/mol. The summed E-state index contributed by atoms with van der Waals surface area (Å²) in [5.41, 5.74) is 0.997. The summed E-state index contributed by atoms with van der Waals surface area (Å²) >= 11 is 0. The minimum absolute atomic E-state index is 0.0556. The van der Waals surface area contributed by atoms with Crippen LogP contribution >= 0.6 is 0 Å². The molecule has 1 unspecified atom stereocenters. The van der Waals surface area contributed by atoms with Gasteiger partial charge in [-0.1, -0.05) is 37.3 Å². The normalized spacial score (nSPS) is 18.1. The predicted octanol–water partition coefficient (Wildman–Crippen LogP) is 2.48. The number of benzene rings is 2. The van der Waals surface area contributed by atoms with Crippen molar-refractivity contribution in [2.45, 2.75) is 24.2 Å². The Bertz CT molecular complexity index is 1000. The molecular formula is C22H26N2O5S. The molecule has 0 spiro atoms. The molecule has 1 atom stereocenters. The van der Waals surface area contributed by atoms with Gasteiger partial charge in [0, 0.05) is 32.2 Å². The molecule has 2 aromatic carbocycles. The van der Waals surface area contributed by atoms with Gasteiger partial charge in [0.25, 0.3) is 0 Å². The van der Waals surface area contributed by atoms with Crippen LogP contribution < -0.4 is 9.47 Å². The lowest BCUT2D eigenvalue weighted by molar-refractivity contribution is -0.134. The van der Waals surface area contributed by atoms with Gasteiger partial charge in [-0.2, -0.15) is 4.31 Å². The quantitative estimate of drug-likeness (QED) is 0.729. The molecule has 160 valence electrons. The molecule has 1 amide bonds. The number of amides is 1. The van der Waals surface area contributed by atoms with Crippen LogP contribution in [-0.2, 0) is 14.8 Å². The number of fused-ring (bicyclic) bond motifs is 1. The first kappa shape index (κ1) is 20.7. The fourth-order valence-corrected chi connectivity index (χ4v) is 5.38. The third kappa shape index (κ3) is 4.02. The first-order valence-electron chi connectivity index (χ1n) is 10.2. The third-order valence-corrected chi connectivity index (χ3v) is 7.50. The molecule has 1 saturated heterocycles. The smallest absolute Gasteiger partial charge is 0.243 e. The van der Waals surface area contributed by atoms with Crippen molar-refractivity contribution in [1.29, 1.82) is 0 Å². The lowest BCUT2D eigenvalue weighted by atomic mass is 9.95. The number of carbonyl (C=O) groups excluding carboxylic acids is 1. The van der Waals surface area contributed by atoms with E-state index in [0.717, 1.165) is 5.56 Å². The van der Waals surface area contributed by atoms with Gasteiger partial charge in [-0.3, -0.25) is 4.79 Å². The topological polar surface area (TPSA) is 76.2 Å². The molecule has 30 heavy (non-hydrogen) atoms. The second kappa shape index (κ2) is 8.65. The van der Waals surface area contributed by atoms with E-state index in [1.54, 1.807) is 17.0 Å². The van der Waals surface area contributed by atoms with Gasteiger partial charge >= 0.3 is 0 Å². The van der Waals surface area contributed by atoms with Crippen molar-refractivity contribution in [3.63, 3.8) is 0 Å². The number of sulfonamides is 1. The Morgan fingerprint density at radius 3 is 2.30 bits per heavy atom. The zero-order valence-corrected chi connectivity index (χ0v) is 17.8. The number of hydrogen-bond donors (Lipinski definition) is 0. The SMILES string of the molecule is CCC(C(=O)N1CCN(S(=O)(=O)c2ccc3c(c2)OCCO3)CC1)c1ccccc1. The van der Waals surface area contributed by atoms with Gasteiger partial charge in [0.2, 0.25) is 15.9 Å². The molecule has 0 N–H and O–H groups in total. The van der Waals surface area contributed by atoms with Gasteiger partial charge in [0.1, 0.15) is 13.2 Å². The van der Waals surface area contributed by atoms with Crippen LogP contribution in [0.2, 0.25) is 0 Å². The average Bonchev–Trinajstić information content (AvgIpc) is 2.80. The van der Waals surface area contributed by atoms with Gasteiger partial charge in [0.15, 0.2) is 11.5 Å². The Balaban J connectivity index is 1.44. The molecule has 7 nitrogen and oxygen atoms in total. The predicted molar refractivity (Wildman–Crippen MR) is 112 cm³/mol. The van der Waals surface area contributed by atoms with Gasteiger partial charge in [-0.25, -0.2) is 8.42 Å². The molecule has 0 radical (unpaired) electrons. The number of nitrogens with zero attached hydrogens (tertiary/aromatic N) is 2. The molecule has 2 aliphatic rings. The molecule has 2 aromatic rings. The maximum Gasteiger partial charge on any atom is 0.243 e. The summed E-state index contributed by atoms with van der Waals surface area (Å²) in [5, 5.41) is 0. The van der Waals surface area contributed by atoms with Crippen molar-refractivity contribution in [1.82, 2.24) is 9.21 Å². The van der Waals surface area contributed by atoms with E-state index in [4.69, 9.17) is 9.47 Å². The highest BCUT2D eigenvalue weighted by Gasteiger charge is 2.33. The number of piperazine rings is 1. The Morgan fingerprint density at radius 2 is 1.63 bits per heavy atom. The Morgan fingerprint density at radius 1 is 0.967 bits per heavy atom. The van der Waals surface area contributed by atoms with Crippen molar-refractivity contribution in [2.24, 2.45) is 0 Å². The van der Waals surface area contributed by atoms with Crippen molar-refractivity contribution >= 4 is 15.9 Å². The minimum atomic E-state index is -3.66. The molecule has 0 aromatic heterocycles.